The molecule has 33 heavy (non-hydrogen) atoms. The van der Waals surface area contributed by atoms with Crippen molar-refractivity contribution in [3.63, 3.8) is 0 Å². The minimum absolute atomic E-state index is 0.115. The monoisotopic (exact) mass is 494 g/mol. The third kappa shape index (κ3) is 4.18. The van der Waals surface area contributed by atoms with Crippen LogP contribution < -0.4 is 13.8 Å². The number of nitrogens with zero attached hydrogens (tertiary/aromatic N) is 2. The van der Waals surface area contributed by atoms with Crippen LogP contribution in [0.4, 0.5) is 5.69 Å². The van der Waals surface area contributed by atoms with Crippen molar-refractivity contribution in [2.24, 2.45) is 0 Å². The molecule has 5 rings (SSSR count). The van der Waals surface area contributed by atoms with E-state index in [1.165, 1.54) is 26.8 Å². The van der Waals surface area contributed by atoms with Crippen LogP contribution in [0.1, 0.15) is 18.4 Å². The van der Waals surface area contributed by atoms with Crippen LogP contribution in [0.3, 0.4) is 0 Å². The van der Waals surface area contributed by atoms with Crippen LogP contribution in [0, 0.1) is 0 Å². The number of hydrogen-bond acceptors (Lipinski definition) is 7. The minimum Gasteiger partial charge on any atom is -0.490 e. The predicted molar refractivity (Wildman–Crippen MR) is 121 cm³/mol. The normalized spacial score (nSPS) is 19.6. The highest BCUT2D eigenvalue weighted by molar-refractivity contribution is 7.92. The Kier molecular flexibility index (Phi) is 5.98. The fourth-order valence-electron chi connectivity index (χ4n) is 4.32. The summed E-state index contributed by atoms with van der Waals surface area (Å²) in [6.45, 7) is 2.66. The second-order valence-corrected chi connectivity index (χ2v) is 11.9. The lowest BCUT2D eigenvalue weighted by Gasteiger charge is -2.31. The molecule has 2 aromatic rings. The van der Waals surface area contributed by atoms with E-state index < -0.39 is 20.0 Å². The van der Waals surface area contributed by atoms with Crippen LogP contribution in [0.2, 0.25) is 0 Å². The van der Waals surface area contributed by atoms with E-state index in [-0.39, 0.29) is 9.79 Å². The van der Waals surface area contributed by atoms with Gasteiger partial charge in [-0.2, -0.15) is 4.31 Å². The smallest absolute Gasteiger partial charge is 0.264 e. The van der Waals surface area contributed by atoms with E-state index in [2.05, 4.69) is 0 Å². The molecule has 9 nitrogen and oxygen atoms in total. The van der Waals surface area contributed by atoms with Crippen LogP contribution in [0.25, 0.3) is 0 Å². The molecule has 11 heteroatoms. The van der Waals surface area contributed by atoms with E-state index in [0.29, 0.717) is 81.7 Å². The summed E-state index contributed by atoms with van der Waals surface area (Å²) in [7, 11) is -7.53. The maximum absolute atomic E-state index is 13.5. The van der Waals surface area contributed by atoms with Gasteiger partial charge in [-0.25, -0.2) is 16.8 Å². The molecule has 0 atom stereocenters. The van der Waals surface area contributed by atoms with Gasteiger partial charge in [0.05, 0.1) is 41.9 Å². The van der Waals surface area contributed by atoms with Crippen molar-refractivity contribution in [2.75, 3.05) is 50.4 Å². The summed E-state index contributed by atoms with van der Waals surface area (Å²) in [5.41, 5.74) is 1.21. The van der Waals surface area contributed by atoms with E-state index >= 15 is 0 Å². The molecule has 3 heterocycles. The van der Waals surface area contributed by atoms with E-state index in [9.17, 15) is 16.8 Å². The van der Waals surface area contributed by atoms with E-state index in [0.717, 1.165) is 6.42 Å². The Bertz CT molecular complexity index is 1260. The van der Waals surface area contributed by atoms with Crippen molar-refractivity contribution in [3.05, 3.63) is 42.0 Å². The standard InChI is InChI=1S/C22H26N2O7S2/c25-32(26,23-9-13-29-14-10-23)18-4-6-20-17(15-18)3-1-8-24(20)33(27,28)19-5-7-21-22(16-19)31-12-2-11-30-21/h4-7,15-16H,1-3,8-14H2. The average Bonchev–Trinajstić information content (AvgIpc) is 3.09. The van der Waals surface area contributed by atoms with Gasteiger partial charge in [-0.1, -0.05) is 0 Å². The van der Waals surface area contributed by atoms with Gasteiger partial charge in [-0.05, 0) is 48.7 Å². The van der Waals surface area contributed by atoms with Crippen molar-refractivity contribution in [3.8, 4) is 11.5 Å². The van der Waals surface area contributed by atoms with Gasteiger partial charge in [0.15, 0.2) is 11.5 Å². The molecule has 0 radical (unpaired) electrons. The lowest BCUT2D eigenvalue weighted by molar-refractivity contribution is 0.0730. The largest absolute Gasteiger partial charge is 0.490 e. The van der Waals surface area contributed by atoms with Gasteiger partial charge < -0.3 is 14.2 Å². The van der Waals surface area contributed by atoms with Gasteiger partial charge in [-0.3, -0.25) is 4.31 Å². The van der Waals surface area contributed by atoms with Crippen molar-refractivity contribution < 1.29 is 31.0 Å². The molecule has 178 valence electrons. The third-order valence-corrected chi connectivity index (χ3v) is 9.75. The Morgan fingerprint density at radius 2 is 1.39 bits per heavy atom. The highest BCUT2D eigenvalue weighted by Crippen LogP contribution is 2.37. The number of anilines is 1. The summed E-state index contributed by atoms with van der Waals surface area (Å²) in [4.78, 5) is 0.294. The number of hydrogen-bond donors (Lipinski definition) is 0. The van der Waals surface area contributed by atoms with E-state index in [1.54, 1.807) is 18.2 Å². The van der Waals surface area contributed by atoms with Crippen molar-refractivity contribution in [1.29, 1.82) is 0 Å². The summed E-state index contributed by atoms with van der Waals surface area (Å²) in [5, 5.41) is 0. The van der Waals surface area contributed by atoms with Gasteiger partial charge in [0, 0.05) is 32.1 Å². The summed E-state index contributed by atoms with van der Waals surface area (Å²) < 4.78 is 72.5. The highest BCUT2D eigenvalue weighted by atomic mass is 32.2. The van der Waals surface area contributed by atoms with Crippen LogP contribution in [0.15, 0.2) is 46.2 Å². The first-order valence-electron chi connectivity index (χ1n) is 11.0. The number of benzene rings is 2. The fraction of sp³-hybridized carbons (Fsp3) is 0.455. The SMILES string of the molecule is O=S(=O)(c1ccc2c(c1)CCCN2S(=O)(=O)c1ccc2c(c1)OCCCO2)N1CCOCC1. The molecule has 0 unspecified atom stereocenters. The Morgan fingerprint density at radius 1 is 0.697 bits per heavy atom. The molecule has 0 saturated carbocycles. The number of ether oxygens (including phenoxy) is 3. The highest BCUT2D eigenvalue weighted by Gasteiger charge is 2.32. The van der Waals surface area contributed by atoms with Gasteiger partial charge in [0.2, 0.25) is 10.0 Å². The Labute approximate surface area is 194 Å². The zero-order valence-electron chi connectivity index (χ0n) is 18.1. The summed E-state index contributed by atoms with van der Waals surface area (Å²) in [6, 6.07) is 9.34. The summed E-state index contributed by atoms with van der Waals surface area (Å²) in [6.07, 6.45) is 1.93. The Balaban J connectivity index is 1.48. The number of sulfonamides is 2. The van der Waals surface area contributed by atoms with E-state index in [1.807, 2.05) is 0 Å². The number of fused-ring (bicyclic) bond motifs is 2. The topological polar surface area (TPSA) is 102 Å². The molecule has 0 aliphatic carbocycles. The summed E-state index contributed by atoms with van der Waals surface area (Å²) in [5.74, 6) is 0.946. The molecule has 2 aromatic carbocycles. The van der Waals surface area contributed by atoms with E-state index in [4.69, 9.17) is 14.2 Å². The molecule has 3 aliphatic rings. The van der Waals surface area contributed by atoms with Gasteiger partial charge >= 0.3 is 0 Å². The van der Waals surface area contributed by atoms with Crippen LogP contribution in [0.5, 0.6) is 11.5 Å². The summed E-state index contributed by atoms with van der Waals surface area (Å²) >= 11 is 0. The quantitative estimate of drug-likeness (QED) is 0.641. The van der Waals surface area contributed by atoms with Gasteiger partial charge in [0.25, 0.3) is 10.0 Å². The molecular formula is C22H26N2O7S2. The van der Waals surface area contributed by atoms with Crippen molar-refractivity contribution >= 4 is 25.7 Å². The molecule has 3 aliphatic heterocycles. The second kappa shape index (κ2) is 8.79. The van der Waals surface area contributed by atoms with Gasteiger partial charge in [0.1, 0.15) is 0 Å². The first-order valence-corrected chi connectivity index (χ1v) is 13.9. The van der Waals surface area contributed by atoms with Crippen LogP contribution in [-0.4, -0.2) is 67.2 Å². The second-order valence-electron chi connectivity index (χ2n) is 8.15. The van der Waals surface area contributed by atoms with Crippen LogP contribution in [-0.2, 0) is 31.2 Å². The van der Waals surface area contributed by atoms with Crippen molar-refractivity contribution in [1.82, 2.24) is 4.31 Å². The van der Waals surface area contributed by atoms with Gasteiger partial charge in [-0.15, -0.1) is 0 Å². The predicted octanol–water partition coefficient (Wildman–Crippen LogP) is 2.01. The zero-order valence-corrected chi connectivity index (χ0v) is 19.7. The Morgan fingerprint density at radius 3 is 2.18 bits per heavy atom. The molecule has 0 N–H and O–H groups in total. The molecular weight excluding hydrogens is 468 g/mol. The lowest BCUT2D eigenvalue weighted by Crippen LogP contribution is -2.40. The molecule has 1 saturated heterocycles. The maximum atomic E-state index is 13.5. The third-order valence-electron chi connectivity index (χ3n) is 6.04. The first kappa shape index (κ1) is 22.5. The number of rotatable bonds is 4. The maximum Gasteiger partial charge on any atom is 0.264 e. The molecule has 0 amide bonds. The number of morpholine rings is 1. The average molecular weight is 495 g/mol. The minimum atomic E-state index is -3.87. The zero-order chi connectivity index (χ0) is 23.1. The fourth-order valence-corrected chi connectivity index (χ4v) is 7.33. The first-order chi connectivity index (χ1) is 15.9. The van der Waals surface area contributed by atoms with Crippen LogP contribution >= 0.6 is 0 Å². The number of aryl methyl sites for hydroxylation is 1. The molecule has 1 fully saturated rings. The molecule has 0 bridgehead atoms. The molecule has 0 aromatic heterocycles. The van der Waals surface area contributed by atoms with Crippen molar-refractivity contribution in [2.45, 2.75) is 29.1 Å². The lowest BCUT2D eigenvalue weighted by atomic mass is 10.0. The Hall–Kier alpha value is -2.34. The molecule has 0 spiro atoms.